The Kier molecular flexibility index (Phi) is 6.19. The predicted octanol–water partition coefficient (Wildman–Crippen LogP) is 3.02. The van der Waals surface area contributed by atoms with E-state index in [1.165, 1.54) is 0 Å². The lowest BCUT2D eigenvalue weighted by Gasteiger charge is -2.01. The fourth-order valence-corrected chi connectivity index (χ4v) is 1.49. The van der Waals surface area contributed by atoms with Gasteiger partial charge in [0.15, 0.2) is 0 Å². The third-order valence-corrected chi connectivity index (χ3v) is 2.37. The first-order chi connectivity index (χ1) is 9.17. The van der Waals surface area contributed by atoms with Gasteiger partial charge in [0.25, 0.3) is 0 Å². The Labute approximate surface area is 114 Å². The molecule has 0 unspecified atom stereocenters. The molecule has 0 amide bonds. The summed E-state index contributed by atoms with van der Waals surface area (Å²) < 4.78 is 0. The fourth-order valence-electron chi connectivity index (χ4n) is 1.49. The maximum atomic E-state index is 7.57. The van der Waals surface area contributed by atoms with E-state index in [-0.39, 0.29) is 6.61 Å². The standard InChI is InChI=1S/C14H14N2.C2H6O/c15-13-8-9-14(16)12(10-13)7-6-11-4-2-1-3-5-11;1-2-3/h1-10H,15-16H2;3H,2H2,1H3. The molecule has 0 fully saturated rings. The summed E-state index contributed by atoms with van der Waals surface area (Å²) in [6, 6.07) is 15.6. The van der Waals surface area contributed by atoms with Gasteiger partial charge in [0.05, 0.1) is 0 Å². The molecule has 2 aromatic rings. The normalized spacial score (nSPS) is 10.0. The molecule has 5 N–H and O–H groups in total. The molecule has 0 radical (unpaired) electrons. The zero-order valence-electron chi connectivity index (χ0n) is 11.1. The topological polar surface area (TPSA) is 72.3 Å². The zero-order chi connectivity index (χ0) is 14.1. The third-order valence-electron chi connectivity index (χ3n) is 2.37. The number of hydrogen-bond acceptors (Lipinski definition) is 3. The molecule has 0 aromatic heterocycles. The average Bonchev–Trinajstić information content (AvgIpc) is 2.42. The highest BCUT2D eigenvalue weighted by molar-refractivity contribution is 5.77. The van der Waals surface area contributed by atoms with Crippen LogP contribution in [0.4, 0.5) is 11.4 Å². The highest BCUT2D eigenvalue weighted by atomic mass is 16.2. The second-order valence-electron chi connectivity index (χ2n) is 3.95. The molecule has 0 aliphatic carbocycles. The minimum atomic E-state index is 0.250. The second-order valence-corrected chi connectivity index (χ2v) is 3.95. The maximum Gasteiger partial charge on any atom is 0.0402 e. The van der Waals surface area contributed by atoms with Crippen molar-refractivity contribution in [2.45, 2.75) is 6.92 Å². The molecule has 0 saturated carbocycles. The molecule has 2 rings (SSSR count). The van der Waals surface area contributed by atoms with Gasteiger partial charge in [0.2, 0.25) is 0 Å². The van der Waals surface area contributed by atoms with Crippen molar-refractivity contribution in [3.05, 3.63) is 59.7 Å². The molecule has 100 valence electrons. The summed E-state index contributed by atoms with van der Waals surface area (Å²) in [6.07, 6.45) is 3.99. The highest BCUT2D eigenvalue weighted by Gasteiger charge is 1.95. The van der Waals surface area contributed by atoms with Gasteiger partial charge in [-0.1, -0.05) is 42.5 Å². The van der Waals surface area contributed by atoms with Crippen molar-refractivity contribution in [2.24, 2.45) is 0 Å². The summed E-state index contributed by atoms with van der Waals surface area (Å²) in [5.41, 5.74) is 15.1. The van der Waals surface area contributed by atoms with E-state index in [2.05, 4.69) is 0 Å². The van der Waals surface area contributed by atoms with Crippen LogP contribution < -0.4 is 11.5 Å². The van der Waals surface area contributed by atoms with Crippen molar-refractivity contribution in [3.8, 4) is 0 Å². The molecule has 3 nitrogen and oxygen atoms in total. The molecular formula is C16H20N2O. The molecular weight excluding hydrogens is 236 g/mol. The second kappa shape index (κ2) is 7.95. The lowest BCUT2D eigenvalue weighted by molar-refractivity contribution is 0.318. The monoisotopic (exact) mass is 256 g/mol. The Bertz CT molecular complexity index is 522. The minimum absolute atomic E-state index is 0.250. The minimum Gasteiger partial charge on any atom is -0.399 e. The maximum absolute atomic E-state index is 7.57. The van der Waals surface area contributed by atoms with Crippen LogP contribution in [0, 0.1) is 0 Å². The Morgan fingerprint density at radius 2 is 1.63 bits per heavy atom. The molecule has 0 heterocycles. The van der Waals surface area contributed by atoms with Crippen LogP contribution in [-0.4, -0.2) is 11.7 Å². The number of nitrogens with two attached hydrogens (primary N) is 2. The van der Waals surface area contributed by atoms with E-state index < -0.39 is 0 Å². The molecule has 2 aromatic carbocycles. The van der Waals surface area contributed by atoms with E-state index in [0.717, 1.165) is 22.5 Å². The number of benzene rings is 2. The SMILES string of the molecule is CCO.Nc1ccc(N)c(C=Cc2ccccc2)c1. The molecule has 3 heteroatoms. The first-order valence-electron chi connectivity index (χ1n) is 6.16. The number of aliphatic hydroxyl groups is 1. The van der Waals surface area contributed by atoms with Crippen LogP contribution in [0.25, 0.3) is 12.2 Å². The van der Waals surface area contributed by atoms with Crippen molar-refractivity contribution in [3.63, 3.8) is 0 Å². The van der Waals surface area contributed by atoms with Crippen molar-refractivity contribution in [1.82, 2.24) is 0 Å². The number of nitrogen functional groups attached to an aromatic ring is 2. The van der Waals surface area contributed by atoms with Crippen molar-refractivity contribution in [1.29, 1.82) is 0 Å². The number of aliphatic hydroxyl groups excluding tert-OH is 1. The van der Waals surface area contributed by atoms with Gasteiger partial charge in [-0.05, 0) is 36.2 Å². The number of anilines is 2. The summed E-state index contributed by atoms with van der Waals surface area (Å²) in [7, 11) is 0. The van der Waals surface area contributed by atoms with Gasteiger partial charge in [0, 0.05) is 18.0 Å². The Hall–Kier alpha value is -2.26. The first kappa shape index (κ1) is 14.8. The lowest BCUT2D eigenvalue weighted by atomic mass is 10.1. The van der Waals surface area contributed by atoms with Crippen LogP contribution in [0.3, 0.4) is 0 Å². The van der Waals surface area contributed by atoms with E-state index in [4.69, 9.17) is 16.6 Å². The summed E-state index contributed by atoms with van der Waals surface area (Å²) in [6.45, 7) is 1.93. The van der Waals surface area contributed by atoms with E-state index in [1.807, 2.05) is 54.6 Å². The van der Waals surface area contributed by atoms with E-state index in [0.29, 0.717) is 0 Å². The molecule has 0 saturated heterocycles. The van der Waals surface area contributed by atoms with E-state index in [1.54, 1.807) is 13.0 Å². The van der Waals surface area contributed by atoms with Gasteiger partial charge in [-0.2, -0.15) is 0 Å². The van der Waals surface area contributed by atoms with Crippen LogP contribution in [-0.2, 0) is 0 Å². The summed E-state index contributed by atoms with van der Waals surface area (Å²) in [5, 5.41) is 7.57. The number of hydrogen-bond donors (Lipinski definition) is 3. The van der Waals surface area contributed by atoms with Crippen LogP contribution in [0.2, 0.25) is 0 Å². The van der Waals surface area contributed by atoms with Crippen LogP contribution in [0.15, 0.2) is 48.5 Å². The summed E-state index contributed by atoms with van der Waals surface area (Å²) in [5.74, 6) is 0. The van der Waals surface area contributed by atoms with E-state index in [9.17, 15) is 0 Å². The molecule has 0 bridgehead atoms. The Balaban J connectivity index is 0.000000550. The Morgan fingerprint density at radius 3 is 2.26 bits per heavy atom. The molecule has 0 aliphatic rings. The van der Waals surface area contributed by atoms with Gasteiger partial charge < -0.3 is 16.6 Å². The number of rotatable bonds is 2. The van der Waals surface area contributed by atoms with Crippen molar-refractivity contribution in [2.75, 3.05) is 18.1 Å². The van der Waals surface area contributed by atoms with Gasteiger partial charge >= 0.3 is 0 Å². The average molecular weight is 256 g/mol. The molecule has 0 aliphatic heterocycles. The van der Waals surface area contributed by atoms with Gasteiger partial charge in [0.1, 0.15) is 0 Å². The first-order valence-corrected chi connectivity index (χ1v) is 6.16. The largest absolute Gasteiger partial charge is 0.399 e. The fraction of sp³-hybridized carbons (Fsp3) is 0.125. The van der Waals surface area contributed by atoms with Crippen molar-refractivity contribution < 1.29 is 5.11 Å². The van der Waals surface area contributed by atoms with Crippen molar-refractivity contribution >= 4 is 23.5 Å². The van der Waals surface area contributed by atoms with Crippen LogP contribution in [0.1, 0.15) is 18.1 Å². The van der Waals surface area contributed by atoms with Crippen LogP contribution >= 0.6 is 0 Å². The summed E-state index contributed by atoms with van der Waals surface area (Å²) in [4.78, 5) is 0. The third kappa shape index (κ3) is 5.27. The summed E-state index contributed by atoms with van der Waals surface area (Å²) >= 11 is 0. The Morgan fingerprint density at radius 1 is 1.00 bits per heavy atom. The van der Waals surface area contributed by atoms with Gasteiger partial charge in [-0.15, -0.1) is 0 Å². The van der Waals surface area contributed by atoms with Gasteiger partial charge in [-0.25, -0.2) is 0 Å². The van der Waals surface area contributed by atoms with Crippen LogP contribution in [0.5, 0.6) is 0 Å². The lowest BCUT2D eigenvalue weighted by Crippen LogP contribution is -1.91. The molecule has 19 heavy (non-hydrogen) atoms. The molecule has 0 spiro atoms. The highest BCUT2D eigenvalue weighted by Crippen LogP contribution is 2.18. The predicted molar refractivity (Wildman–Crippen MR) is 83.4 cm³/mol. The zero-order valence-corrected chi connectivity index (χ0v) is 11.1. The van der Waals surface area contributed by atoms with E-state index >= 15 is 0 Å². The quantitative estimate of drug-likeness (QED) is 0.571. The smallest absolute Gasteiger partial charge is 0.0402 e. The molecule has 0 atom stereocenters. The van der Waals surface area contributed by atoms with Gasteiger partial charge in [-0.3, -0.25) is 0 Å².